The highest BCUT2D eigenvalue weighted by molar-refractivity contribution is 7.39. The topological polar surface area (TPSA) is 49.7 Å². The van der Waals surface area contributed by atoms with Gasteiger partial charge in [0.25, 0.3) is 0 Å². The van der Waals surface area contributed by atoms with Gasteiger partial charge in [-0.3, -0.25) is 0 Å². The molecular weight excluding hydrogens is 235 g/mol. The number of hydrogen-bond acceptors (Lipinski definition) is 3. The summed E-state index contributed by atoms with van der Waals surface area (Å²) in [5, 5.41) is 0. The third-order valence-electron chi connectivity index (χ3n) is 1.87. The normalized spacial score (nSPS) is 9.41. The van der Waals surface area contributed by atoms with Crippen molar-refractivity contribution in [1.82, 2.24) is 0 Å². The lowest BCUT2D eigenvalue weighted by Crippen LogP contribution is -1.82. The second-order valence-corrected chi connectivity index (χ2v) is 4.00. The van der Waals surface area contributed by atoms with Crippen LogP contribution in [0.2, 0.25) is 0 Å². The zero-order chi connectivity index (χ0) is 12.5. The van der Waals surface area contributed by atoms with Crippen molar-refractivity contribution in [2.75, 3.05) is 0 Å². The third kappa shape index (κ3) is 6.69. The maximum Gasteiger partial charge on any atom is 0.391 e. The molecule has 0 aliphatic rings. The van der Waals surface area contributed by atoms with E-state index in [9.17, 15) is 0 Å². The van der Waals surface area contributed by atoms with Crippen LogP contribution in [0.15, 0.2) is 60.7 Å². The number of aryl methyl sites for hydroxylation is 1. The van der Waals surface area contributed by atoms with Crippen LogP contribution in [0.4, 0.5) is 0 Å². The van der Waals surface area contributed by atoms with Gasteiger partial charge < -0.3 is 14.3 Å². The quantitative estimate of drug-likeness (QED) is 0.804. The molecule has 0 aliphatic carbocycles. The average Bonchev–Trinajstić information content (AvgIpc) is 2.31. The van der Waals surface area contributed by atoms with Gasteiger partial charge in [-0.1, -0.05) is 54.1 Å². The molecule has 2 aromatic rings. The van der Waals surface area contributed by atoms with Gasteiger partial charge in [0.2, 0.25) is 0 Å². The molecule has 90 valence electrons. The van der Waals surface area contributed by atoms with Gasteiger partial charge in [0.1, 0.15) is 5.75 Å². The summed E-state index contributed by atoms with van der Waals surface area (Å²) in [6.07, 6.45) is 0. The maximum absolute atomic E-state index is 8.40. The minimum absolute atomic E-state index is 0.471. The molecule has 4 heteroatoms. The molecule has 0 saturated carbocycles. The monoisotopic (exact) mass is 250 g/mol. The molecule has 0 aliphatic heterocycles. The van der Waals surface area contributed by atoms with E-state index in [-0.39, 0.29) is 0 Å². The molecular formula is C13H15O3P. The second-order valence-electron chi connectivity index (χ2n) is 3.31. The Kier molecular flexibility index (Phi) is 6.26. The molecule has 0 heterocycles. The first kappa shape index (κ1) is 13.7. The summed E-state index contributed by atoms with van der Waals surface area (Å²) in [6, 6.07) is 18.9. The van der Waals surface area contributed by atoms with Crippen LogP contribution in [-0.4, -0.2) is 9.79 Å². The summed E-state index contributed by atoms with van der Waals surface area (Å²) >= 11 is 0. The van der Waals surface area contributed by atoms with Gasteiger partial charge in [0.15, 0.2) is 0 Å². The molecule has 3 nitrogen and oxygen atoms in total. The molecule has 0 amide bonds. The smallest absolute Gasteiger partial charge is 0.391 e. The Labute approximate surface area is 102 Å². The van der Waals surface area contributed by atoms with Crippen molar-refractivity contribution >= 4 is 8.60 Å². The minimum atomic E-state index is -2.28. The van der Waals surface area contributed by atoms with Crippen molar-refractivity contribution in [3.8, 4) is 5.75 Å². The lowest BCUT2D eigenvalue weighted by molar-refractivity contribution is 0.375. The van der Waals surface area contributed by atoms with Crippen LogP contribution in [0.25, 0.3) is 0 Å². The Balaban J connectivity index is 0.000000181. The van der Waals surface area contributed by atoms with Crippen LogP contribution in [0.3, 0.4) is 0 Å². The highest BCUT2D eigenvalue weighted by atomic mass is 31.2. The van der Waals surface area contributed by atoms with Gasteiger partial charge in [-0.25, -0.2) is 0 Å². The third-order valence-corrected chi connectivity index (χ3v) is 2.24. The average molecular weight is 250 g/mol. The largest absolute Gasteiger partial charge is 0.427 e. The predicted octanol–water partition coefficient (Wildman–Crippen LogP) is 3.27. The van der Waals surface area contributed by atoms with Crippen molar-refractivity contribution in [3.63, 3.8) is 0 Å². The molecule has 0 fully saturated rings. The first-order chi connectivity index (χ1) is 8.18. The number of hydrogen-bond donors (Lipinski definition) is 2. The van der Waals surface area contributed by atoms with E-state index in [0.717, 1.165) is 0 Å². The van der Waals surface area contributed by atoms with Gasteiger partial charge in [-0.05, 0) is 19.1 Å². The summed E-state index contributed by atoms with van der Waals surface area (Å²) in [6.45, 7) is 2.08. The SMILES string of the molecule is Cc1ccccc1.OP(O)Oc1ccccc1. The van der Waals surface area contributed by atoms with Crippen LogP contribution in [0, 0.1) is 6.92 Å². The molecule has 0 atom stereocenters. The minimum Gasteiger partial charge on any atom is -0.427 e. The molecule has 0 spiro atoms. The van der Waals surface area contributed by atoms with E-state index in [0.29, 0.717) is 5.75 Å². The summed E-state index contributed by atoms with van der Waals surface area (Å²) in [5.41, 5.74) is 1.32. The predicted molar refractivity (Wildman–Crippen MR) is 69.6 cm³/mol. The lowest BCUT2D eigenvalue weighted by Gasteiger charge is -2.02. The first-order valence-corrected chi connectivity index (χ1v) is 6.27. The van der Waals surface area contributed by atoms with Crippen molar-refractivity contribution in [2.45, 2.75) is 6.92 Å². The summed E-state index contributed by atoms with van der Waals surface area (Å²) in [7, 11) is -2.28. The molecule has 0 aromatic heterocycles. The Morgan fingerprint density at radius 3 is 1.65 bits per heavy atom. The van der Waals surface area contributed by atoms with Crippen LogP contribution in [0.5, 0.6) is 5.75 Å². The highest BCUT2D eigenvalue weighted by Gasteiger charge is 1.99. The van der Waals surface area contributed by atoms with Crippen molar-refractivity contribution in [1.29, 1.82) is 0 Å². The van der Waals surface area contributed by atoms with Gasteiger partial charge >= 0.3 is 8.60 Å². The molecule has 2 rings (SSSR count). The molecule has 0 bridgehead atoms. The van der Waals surface area contributed by atoms with Crippen LogP contribution in [0.1, 0.15) is 5.56 Å². The second kappa shape index (κ2) is 7.80. The van der Waals surface area contributed by atoms with Gasteiger partial charge in [-0.15, -0.1) is 0 Å². The Bertz CT molecular complexity index is 404. The van der Waals surface area contributed by atoms with Crippen LogP contribution >= 0.6 is 8.60 Å². The van der Waals surface area contributed by atoms with Crippen molar-refractivity contribution in [3.05, 3.63) is 66.2 Å². The first-order valence-electron chi connectivity index (χ1n) is 5.11. The van der Waals surface area contributed by atoms with Crippen LogP contribution < -0.4 is 4.52 Å². The Morgan fingerprint density at radius 1 is 0.824 bits per heavy atom. The summed E-state index contributed by atoms with van der Waals surface area (Å²) in [5.74, 6) is 0.471. The molecule has 0 unspecified atom stereocenters. The standard InChI is InChI=1S/C7H8.C6H7O3P/c1-7-5-3-2-4-6-7;7-10(8)9-6-4-2-1-3-5-6/h2-6H,1H3;1-5,7-8H. The van der Waals surface area contributed by atoms with E-state index in [2.05, 4.69) is 23.6 Å². The maximum atomic E-state index is 8.40. The van der Waals surface area contributed by atoms with E-state index in [1.165, 1.54) is 5.56 Å². The van der Waals surface area contributed by atoms with Gasteiger partial charge in [-0.2, -0.15) is 0 Å². The Morgan fingerprint density at radius 2 is 1.29 bits per heavy atom. The molecule has 0 saturated heterocycles. The number of para-hydroxylation sites is 1. The lowest BCUT2D eigenvalue weighted by atomic mass is 10.2. The Hall–Kier alpha value is -1.41. The van der Waals surface area contributed by atoms with Crippen molar-refractivity contribution < 1.29 is 14.3 Å². The molecule has 17 heavy (non-hydrogen) atoms. The van der Waals surface area contributed by atoms with E-state index >= 15 is 0 Å². The highest BCUT2D eigenvalue weighted by Crippen LogP contribution is 2.27. The summed E-state index contributed by atoms with van der Waals surface area (Å²) in [4.78, 5) is 16.8. The molecule has 2 aromatic carbocycles. The van der Waals surface area contributed by atoms with E-state index in [1.54, 1.807) is 24.3 Å². The van der Waals surface area contributed by atoms with Gasteiger partial charge in [0, 0.05) is 0 Å². The summed E-state index contributed by atoms with van der Waals surface area (Å²) < 4.78 is 4.59. The fraction of sp³-hybridized carbons (Fsp3) is 0.0769. The molecule has 2 N–H and O–H groups in total. The number of benzene rings is 2. The number of rotatable bonds is 2. The molecule has 0 radical (unpaired) electrons. The van der Waals surface area contributed by atoms with E-state index in [1.807, 2.05) is 24.3 Å². The van der Waals surface area contributed by atoms with E-state index in [4.69, 9.17) is 9.79 Å². The van der Waals surface area contributed by atoms with Crippen molar-refractivity contribution in [2.24, 2.45) is 0 Å². The zero-order valence-electron chi connectivity index (χ0n) is 9.52. The van der Waals surface area contributed by atoms with Crippen LogP contribution in [-0.2, 0) is 0 Å². The fourth-order valence-corrected chi connectivity index (χ4v) is 1.42. The fourth-order valence-electron chi connectivity index (χ4n) is 1.11. The van der Waals surface area contributed by atoms with E-state index < -0.39 is 8.60 Å². The van der Waals surface area contributed by atoms with Gasteiger partial charge in [0.05, 0.1) is 0 Å². The zero-order valence-corrected chi connectivity index (χ0v) is 10.4.